The van der Waals surface area contributed by atoms with Gasteiger partial charge in [-0.1, -0.05) is 49.3 Å². The highest BCUT2D eigenvalue weighted by Crippen LogP contribution is 2.38. The van der Waals surface area contributed by atoms with Crippen molar-refractivity contribution in [2.75, 3.05) is 7.11 Å². The summed E-state index contributed by atoms with van der Waals surface area (Å²) in [6, 6.07) is 5.27. The summed E-state index contributed by atoms with van der Waals surface area (Å²) in [5, 5.41) is 9.66. The van der Waals surface area contributed by atoms with Crippen LogP contribution in [0.5, 0.6) is 11.5 Å². The van der Waals surface area contributed by atoms with Crippen molar-refractivity contribution in [1.82, 2.24) is 4.90 Å². The molecule has 1 saturated heterocycles. The summed E-state index contributed by atoms with van der Waals surface area (Å²) < 4.78 is 5.76. The highest BCUT2D eigenvalue weighted by molar-refractivity contribution is 8.26. The fraction of sp³-hybridized carbons (Fsp3) is 0.412. The third-order valence-corrected chi connectivity index (χ3v) is 5.60. The molecule has 23 heavy (non-hydrogen) atoms. The number of ether oxygens (including phenoxy) is 1. The molecule has 122 valence electrons. The van der Waals surface area contributed by atoms with E-state index in [4.69, 9.17) is 17.0 Å². The van der Waals surface area contributed by atoms with Gasteiger partial charge in [-0.05, 0) is 36.6 Å². The number of carbonyl (C=O) groups is 1. The topological polar surface area (TPSA) is 49.8 Å². The molecule has 1 N–H and O–H groups in total. The number of hydrogen-bond donors (Lipinski definition) is 1. The fourth-order valence-electron chi connectivity index (χ4n) is 3.07. The van der Waals surface area contributed by atoms with Gasteiger partial charge in [-0.15, -0.1) is 0 Å². The summed E-state index contributed by atoms with van der Waals surface area (Å²) in [6.45, 7) is 0. The summed E-state index contributed by atoms with van der Waals surface area (Å²) in [7, 11) is 1.50. The van der Waals surface area contributed by atoms with Gasteiger partial charge in [0.15, 0.2) is 11.5 Å². The van der Waals surface area contributed by atoms with Crippen LogP contribution in [0.25, 0.3) is 6.08 Å². The van der Waals surface area contributed by atoms with E-state index >= 15 is 0 Å². The van der Waals surface area contributed by atoms with Crippen molar-refractivity contribution in [3.63, 3.8) is 0 Å². The number of aromatic hydroxyl groups is 1. The lowest BCUT2D eigenvalue weighted by Crippen LogP contribution is -2.39. The van der Waals surface area contributed by atoms with E-state index in [9.17, 15) is 9.90 Å². The van der Waals surface area contributed by atoms with Gasteiger partial charge in [0.2, 0.25) is 0 Å². The SMILES string of the molecule is COc1cc(/C=C2\SC(=S)N(C3CCCCC3)C2=O)ccc1O. The number of nitrogens with zero attached hydrogens (tertiary/aromatic N) is 1. The average molecular weight is 349 g/mol. The van der Waals surface area contributed by atoms with Gasteiger partial charge >= 0.3 is 0 Å². The number of hydrogen-bond acceptors (Lipinski definition) is 5. The molecular weight excluding hydrogens is 330 g/mol. The lowest BCUT2D eigenvalue weighted by atomic mass is 9.94. The Hall–Kier alpha value is -1.53. The van der Waals surface area contributed by atoms with E-state index in [2.05, 4.69) is 0 Å². The van der Waals surface area contributed by atoms with Gasteiger partial charge in [-0.2, -0.15) is 0 Å². The van der Waals surface area contributed by atoms with Crippen LogP contribution in [0, 0.1) is 0 Å². The fourth-order valence-corrected chi connectivity index (χ4v) is 4.47. The van der Waals surface area contributed by atoms with E-state index in [0.29, 0.717) is 15.0 Å². The van der Waals surface area contributed by atoms with Crippen LogP contribution in [0.3, 0.4) is 0 Å². The Labute approximate surface area is 145 Å². The second-order valence-corrected chi connectivity index (χ2v) is 7.45. The summed E-state index contributed by atoms with van der Waals surface area (Å²) >= 11 is 6.78. The minimum Gasteiger partial charge on any atom is -0.504 e. The molecular formula is C17H19NO3S2. The Bertz CT molecular complexity index is 666. The summed E-state index contributed by atoms with van der Waals surface area (Å²) in [6.07, 6.45) is 7.45. The summed E-state index contributed by atoms with van der Waals surface area (Å²) in [4.78, 5) is 15.1. The number of phenolic OH excluding ortho intramolecular Hbond substituents is 1. The van der Waals surface area contributed by atoms with Gasteiger partial charge < -0.3 is 9.84 Å². The van der Waals surface area contributed by atoms with Crippen LogP contribution in [-0.2, 0) is 4.79 Å². The highest BCUT2D eigenvalue weighted by atomic mass is 32.2. The predicted octanol–water partition coefficient (Wildman–Crippen LogP) is 3.93. The Balaban J connectivity index is 1.83. The molecule has 1 saturated carbocycles. The largest absolute Gasteiger partial charge is 0.504 e. The van der Waals surface area contributed by atoms with E-state index in [-0.39, 0.29) is 17.7 Å². The minimum atomic E-state index is -0.000980. The van der Waals surface area contributed by atoms with Gasteiger partial charge in [0.1, 0.15) is 4.32 Å². The van der Waals surface area contributed by atoms with Crippen LogP contribution in [-0.4, -0.2) is 33.4 Å². The van der Waals surface area contributed by atoms with Crippen molar-refractivity contribution in [3.05, 3.63) is 28.7 Å². The first-order valence-corrected chi connectivity index (χ1v) is 8.96. The van der Waals surface area contributed by atoms with E-state index < -0.39 is 0 Å². The molecule has 0 unspecified atom stereocenters. The molecule has 1 aromatic carbocycles. The number of amides is 1. The number of phenols is 1. The van der Waals surface area contributed by atoms with Crippen LogP contribution in [0.4, 0.5) is 0 Å². The molecule has 0 radical (unpaired) electrons. The molecule has 1 aliphatic heterocycles. The molecule has 1 amide bonds. The van der Waals surface area contributed by atoms with Crippen molar-refractivity contribution in [2.45, 2.75) is 38.1 Å². The number of rotatable bonds is 3. The zero-order valence-electron chi connectivity index (χ0n) is 12.9. The summed E-state index contributed by atoms with van der Waals surface area (Å²) in [5.74, 6) is 0.472. The molecule has 6 heteroatoms. The maximum Gasteiger partial charge on any atom is 0.266 e. The average Bonchev–Trinajstić information content (AvgIpc) is 2.84. The molecule has 4 nitrogen and oxygen atoms in total. The first kappa shape index (κ1) is 16.3. The number of methoxy groups -OCH3 is 1. The summed E-state index contributed by atoms with van der Waals surface area (Å²) in [5.41, 5.74) is 0.809. The molecule has 1 heterocycles. The third-order valence-electron chi connectivity index (χ3n) is 4.26. The van der Waals surface area contributed by atoms with Gasteiger partial charge in [0.25, 0.3) is 5.91 Å². The van der Waals surface area contributed by atoms with E-state index in [1.807, 2.05) is 6.08 Å². The lowest BCUT2D eigenvalue weighted by Gasteiger charge is -2.29. The standard InChI is InChI=1S/C17H19NO3S2/c1-21-14-9-11(7-8-13(14)19)10-15-16(20)18(17(22)23-15)12-5-3-2-4-6-12/h7-10,12,19H,2-6H2,1H3/b15-10-. The van der Waals surface area contributed by atoms with Crippen molar-refractivity contribution in [3.8, 4) is 11.5 Å². The minimum absolute atomic E-state index is 0.000980. The lowest BCUT2D eigenvalue weighted by molar-refractivity contribution is -0.124. The zero-order valence-corrected chi connectivity index (χ0v) is 14.6. The van der Waals surface area contributed by atoms with E-state index in [1.165, 1.54) is 25.3 Å². The number of carbonyl (C=O) groups excluding carboxylic acids is 1. The number of thioether (sulfide) groups is 1. The maximum absolute atomic E-state index is 12.7. The second kappa shape index (κ2) is 6.93. The smallest absolute Gasteiger partial charge is 0.266 e. The molecule has 0 bridgehead atoms. The van der Waals surface area contributed by atoms with Crippen LogP contribution < -0.4 is 4.74 Å². The van der Waals surface area contributed by atoms with Crippen LogP contribution in [0.1, 0.15) is 37.7 Å². The van der Waals surface area contributed by atoms with Crippen molar-refractivity contribution in [2.24, 2.45) is 0 Å². The Morgan fingerprint density at radius 1 is 1.35 bits per heavy atom. The number of thiocarbonyl (C=S) groups is 1. The van der Waals surface area contributed by atoms with Crippen LogP contribution in [0.15, 0.2) is 23.1 Å². The molecule has 1 aliphatic carbocycles. The zero-order chi connectivity index (χ0) is 16.4. The molecule has 0 spiro atoms. The van der Waals surface area contributed by atoms with Crippen molar-refractivity contribution < 1.29 is 14.6 Å². The Morgan fingerprint density at radius 2 is 2.09 bits per heavy atom. The predicted molar refractivity (Wildman–Crippen MR) is 96.5 cm³/mol. The monoisotopic (exact) mass is 349 g/mol. The van der Waals surface area contributed by atoms with Gasteiger partial charge in [-0.25, -0.2) is 0 Å². The van der Waals surface area contributed by atoms with Crippen LogP contribution in [0.2, 0.25) is 0 Å². The molecule has 2 aliphatic rings. The maximum atomic E-state index is 12.7. The number of benzene rings is 1. The third kappa shape index (κ3) is 3.38. The normalized spacial score (nSPS) is 21.3. The molecule has 0 aromatic heterocycles. The van der Waals surface area contributed by atoms with Crippen LogP contribution >= 0.6 is 24.0 Å². The first-order valence-electron chi connectivity index (χ1n) is 7.74. The quantitative estimate of drug-likeness (QED) is 0.662. The second-order valence-electron chi connectivity index (χ2n) is 5.77. The molecule has 0 atom stereocenters. The van der Waals surface area contributed by atoms with E-state index in [1.54, 1.807) is 23.1 Å². The van der Waals surface area contributed by atoms with Gasteiger partial charge in [0.05, 0.1) is 12.0 Å². The highest BCUT2D eigenvalue weighted by Gasteiger charge is 2.37. The first-order chi connectivity index (χ1) is 11.1. The Morgan fingerprint density at radius 3 is 2.78 bits per heavy atom. The van der Waals surface area contributed by atoms with Gasteiger partial charge in [-0.3, -0.25) is 9.69 Å². The Kier molecular flexibility index (Phi) is 4.92. The van der Waals surface area contributed by atoms with E-state index in [0.717, 1.165) is 31.2 Å². The van der Waals surface area contributed by atoms with Crippen molar-refractivity contribution in [1.29, 1.82) is 0 Å². The molecule has 3 rings (SSSR count). The van der Waals surface area contributed by atoms with Gasteiger partial charge in [0, 0.05) is 6.04 Å². The molecule has 2 fully saturated rings. The molecule has 1 aromatic rings. The van der Waals surface area contributed by atoms with Crippen molar-refractivity contribution >= 4 is 40.3 Å².